The quantitative estimate of drug-likeness (QED) is 0.889. The maximum absolute atomic E-state index is 11.9. The number of hydrogen-bond donors (Lipinski definition) is 2. The maximum atomic E-state index is 11.9. The van der Waals surface area contributed by atoms with Gasteiger partial charge in [-0.15, -0.1) is 0 Å². The van der Waals surface area contributed by atoms with E-state index in [0.29, 0.717) is 6.54 Å². The molecular formula is C15H19N3O2. The van der Waals surface area contributed by atoms with Gasteiger partial charge >= 0.3 is 0 Å². The van der Waals surface area contributed by atoms with Crippen molar-refractivity contribution in [1.82, 2.24) is 15.1 Å². The van der Waals surface area contributed by atoms with Crippen LogP contribution in [0.5, 0.6) is 5.75 Å². The Morgan fingerprint density at radius 3 is 2.75 bits per heavy atom. The molecule has 0 bridgehead atoms. The number of aromatic hydroxyl groups is 1. The molecule has 0 radical (unpaired) electrons. The third kappa shape index (κ3) is 3.17. The Hall–Kier alpha value is -2.30. The number of hydrogen-bond acceptors (Lipinski definition) is 3. The van der Waals surface area contributed by atoms with Crippen LogP contribution in [0.1, 0.15) is 22.5 Å². The van der Waals surface area contributed by atoms with Crippen molar-refractivity contribution in [3.05, 3.63) is 46.8 Å². The van der Waals surface area contributed by atoms with Gasteiger partial charge in [-0.25, -0.2) is 0 Å². The van der Waals surface area contributed by atoms with Gasteiger partial charge < -0.3 is 10.4 Å². The molecule has 106 valence electrons. The van der Waals surface area contributed by atoms with Crippen molar-refractivity contribution in [2.24, 2.45) is 7.05 Å². The molecule has 0 aliphatic rings. The summed E-state index contributed by atoms with van der Waals surface area (Å²) in [5.41, 5.74) is 3.83. The Kier molecular flexibility index (Phi) is 4.08. The number of phenols is 1. The van der Waals surface area contributed by atoms with Crippen molar-refractivity contribution >= 4 is 5.91 Å². The average Bonchev–Trinajstić information content (AvgIpc) is 2.61. The molecule has 0 saturated heterocycles. The molecule has 0 atom stereocenters. The van der Waals surface area contributed by atoms with Crippen LogP contribution in [0.25, 0.3) is 0 Å². The van der Waals surface area contributed by atoms with Crippen molar-refractivity contribution in [3.63, 3.8) is 0 Å². The lowest BCUT2D eigenvalue weighted by molar-refractivity contribution is -0.120. The maximum Gasteiger partial charge on any atom is 0.224 e. The molecular weight excluding hydrogens is 254 g/mol. The first-order valence-corrected chi connectivity index (χ1v) is 6.51. The molecule has 0 spiro atoms. The number of aryl methyl sites for hydroxylation is 2. The fourth-order valence-corrected chi connectivity index (χ4v) is 2.17. The molecule has 0 aliphatic carbocycles. The van der Waals surface area contributed by atoms with Crippen LogP contribution < -0.4 is 5.32 Å². The lowest BCUT2D eigenvalue weighted by atomic mass is 10.1. The van der Waals surface area contributed by atoms with Gasteiger partial charge in [-0.3, -0.25) is 9.48 Å². The molecule has 1 amide bonds. The van der Waals surface area contributed by atoms with Crippen LogP contribution in [-0.4, -0.2) is 20.8 Å². The number of aromatic nitrogens is 2. The van der Waals surface area contributed by atoms with E-state index in [-0.39, 0.29) is 18.1 Å². The Morgan fingerprint density at radius 1 is 1.40 bits per heavy atom. The number of benzene rings is 1. The van der Waals surface area contributed by atoms with E-state index in [0.717, 1.165) is 22.5 Å². The number of phenolic OH excluding ortho intramolecular Hbond substituents is 1. The fourth-order valence-electron chi connectivity index (χ4n) is 2.17. The highest BCUT2D eigenvalue weighted by Gasteiger charge is 2.11. The molecule has 0 unspecified atom stereocenters. The van der Waals surface area contributed by atoms with E-state index in [1.807, 2.05) is 31.6 Å². The number of nitrogens with one attached hydrogen (secondary N) is 1. The summed E-state index contributed by atoms with van der Waals surface area (Å²) in [6, 6.07) is 6.73. The predicted molar refractivity (Wildman–Crippen MR) is 76.3 cm³/mol. The minimum Gasteiger partial charge on any atom is -0.508 e. The summed E-state index contributed by atoms with van der Waals surface area (Å²) in [5.74, 6) is 0.104. The smallest absolute Gasteiger partial charge is 0.224 e. The van der Waals surface area contributed by atoms with Gasteiger partial charge in [-0.1, -0.05) is 12.1 Å². The molecule has 2 aromatic rings. The van der Waals surface area contributed by atoms with E-state index in [1.54, 1.807) is 18.2 Å². The van der Waals surface area contributed by atoms with Gasteiger partial charge in [0.25, 0.3) is 0 Å². The van der Waals surface area contributed by atoms with Crippen molar-refractivity contribution in [2.45, 2.75) is 26.8 Å². The molecule has 2 N–H and O–H groups in total. The van der Waals surface area contributed by atoms with Gasteiger partial charge in [0, 0.05) is 24.8 Å². The van der Waals surface area contributed by atoms with E-state index in [2.05, 4.69) is 10.4 Å². The predicted octanol–water partition coefficient (Wildman–Crippen LogP) is 1.60. The van der Waals surface area contributed by atoms with E-state index in [1.165, 1.54) is 0 Å². The normalized spacial score (nSPS) is 10.6. The van der Waals surface area contributed by atoms with Crippen LogP contribution >= 0.6 is 0 Å². The summed E-state index contributed by atoms with van der Waals surface area (Å²) in [6.45, 7) is 4.39. The zero-order valence-corrected chi connectivity index (χ0v) is 12.0. The number of rotatable bonds is 4. The molecule has 0 saturated carbocycles. The largest absolute Gasteiger partial charge is 0.508 e. The zero-order chi connectivity index (χ0) is 14.7. The second-order valence-corrected chi connectivity index (χ2v) is 4.90. The minimum atomic E-state index is -0.0711. The van der Waals surface area contributed by atoms with Gasteiger partial charge in [0.05, 0.1) is 12.1 Å². The van der Waals surface area contributed by atoms with Crippen LogP contribution in [0.2, 0.25) is 0 Å². The fraction of sp³-hybridized carbons (Fsp3) is 0.333. The van der Waals surface area contributed by atoms with Gasteiger partial charge in [0.15, 0.2) is 0 Å². The molecule has 1 aromatic carbocycles. The van der Waals surface area contributed by atoms with E-state index < -0.39 is 0 Å². The van der Waals surface area contributed by atoms with Crippen molar-refractivity contribution in [1.29, 1.82) is 0 Å². The van der Waals surface area contributed by atoms with Crippen molar-refractivity contribution < 1.29 is 9.90 Å². The summed E-state index contributed by atoms with van der Waals surface area (Å²) >= 11 is 0. The Bertz CT molecular complexity index is 632. The molecule has 20 heavy (non-hydrogen) atoms. The summed E-state index contributed by atoms with van der Waals surface area (Å²) in [4.78, 5) is 11.9. The first-order chi connectivity index (χ1) is 9.47. The van der Waals surface area contributed by atoms with Gasteiger partial charge in [0.1, 0.15) is 5.75 Å². The molecule has 0 aliphatic heterocycles. The monoisotopic (exact) mass is 273 g/mol. The lowest BCUT2D eigenvalue weighted by Crippen LogP contribution is -2.25. The minimum absolute atomic E-state index is 0.0711. The van der Waals surface area contributed by atoms with E-state index >= 15 is 0 Å². The van der Waals surface area contributed by atoms with Crippen LogP contribution in [0.3, 0.4) is 0 Å². The highest BCUT2D eigenvalue weighted by atomic mass is 16.3. The molecule has 2 rings (SSSR count). The molecule has 0 fully saturated rings. The lowest BCUT2D eigenvalue weighted by Gasteiger charge is -2.06. The number of nitrogens with zero attached hydrogens (tertiary/aromatic N) is 2. The highest BCUT2D eigenvalue weighted by molar-refractivity contribution is 5.78. The molecule has 5 nitrogen and oxygen atoms in total. The van der Waals surface area contributed by atoms with Gasteiger partial charge in [0.2, 0.25) is 5.91 Å². The van der Waals surface area contributed by atoms with Gasteiger partial charge in [-0.05, 0) is 31.5 Å². The van der Waals surface area contributed by atoms with Gasteiger partial charge in [-0.2, -0.15) is 5.10 Å². The topological polar surface area (TPSA) is 67.2 Å². The van der Waals surface area contributed by atoms with Crippen LogP contribution in [0, 0.1) is 13.8 Å². The number of carbonyl (C=O) groups excluding carboxylic acids is 1. The highest BCUT2D eigenvalue weighted by Crippen LogP contribution is 2.13. The van der Waals surface area contributed by atoms with Crippen molar-refractivity contribution in [2.75, 3.05) is 0 Å². The van der Waals surface area contributed by atoms with Crippen molar-refractivity contribution in [3.8, 4) is 5.75 Å². The second-order valence-electron chi connectivity index (χ2n) is 4.90. The van der Waals surface area contributed by atoms with Crippen LogP contribution in [0.4, 0.5) is 0 Å². The van der Waals surface area contributed by atoms with Crippen LogP contribution in [-0.2, 0) is 24.8 Å². The number of carbonyl (C=O) groups is 1. The summed E-state index contributed by atoms with van der Waals surface area (Å²) in [6.07, 6.45) is 0.257. The third-order valence-electron chi connectivity index (χ3n) is 3.40. The average molecular weight is 273 g/mol. The Balaban J connectivity index is 1.96. The third-order valence-corrected chi connectivity index (χ3v) is 3.40. The van der Waals surface area contributed by atoms with E-state index in [4.69, 9.17) is 0 Å². The summed E-state index contributed by atoms with van der Waals surface area (Å²) in [7, 11) is 1.89. The standard InChI is InChI=1S/C15H19N3O2/c1-10-14(11(2)18(3)17-10)9-16-15(20)8-12-5-4-6-13(19)7-12/h4-7,19H,8-9H2,1-3H3,(H,16,20). The summed E-state index contributed by atoms with van der Waals surface area (Å²) in [5, 5.41) is 16.6. The Morgan fingerprint density at radius 2 is 2.15 bits per heavy atom. The Labute approximate surface area is 118 Å². The van der Waals surface area contributed by atoms with Crippen LogP contribution in [0.15, 0.2) is 24.3 Å². The first-order valence-electron chi connectivity index (χ1n) is 6.51. The SMILES string of the molecule is Cc1nn(C)c(C)c1CNC(=O)Cc1cccc(O)c1. The van der Waals surface area contributed by atoms with E-state index in [9.17, 15) is 9.90 Å². The first kappa shape index (κ1) is 14.1. The zero-order valence-electron chi connectivity index (χ0n) is 12.0. The molecule has 1 aromatic heterocycles. The number of amides is 1. The molecule has 1 heterocycles. The summed E-state index contributed by atoms with van der Waals surface area (Å²) < 4.78 is 1.81. The molecule has 5 heteroatoms. The second kappa shape index (κ2) is 5.77.